The third-order valence-electron chi connectivity index (χ3n) is 4.50. The molecule has 1 unspecified atom stereocenters. The van der Waals surface area contributed by atoms with Gasteiger partial charge in [0.2, 0.25) is 11.1 Å². The molecule has 0 aliphatic rings. The Hall–Kier alpha value is -2.74. The molecule has 4 aromatic rings. The number of carbonyl (C=O) groups is 1. The number of amides is 1. The largest absolute Gasteiger partial charge is 0.335 e. The van der Waals surface area contributed by atoms with Crippen molar-refractivity contribution in [2.45, 2.75) is 17.3 Å². The molecule has 3 N–H and O–H groups in total. The first-order chi connectivity index (χ1) is 14.4. The fourth-order valence-electron chi connectivity index (χ4n) is 2.93. The maximum Gasteiger partial charge on any atom is 0.237 e. The number of hydrogen-bond acceptors (Lipinski definition) is 5. The van der Waals surface area contributed by atoms with Gasteiger partial charge in [0.05, 0.1) is 10.3 Å². The summed E-state index contributed by atoms with van der Waals surface area (Å²) in [6.45, 7) is 1.78. The van der Waals surface area contributed by atoms with E-state index in [2.05, 4.69) is 15.5 Å². The molecule has 1 aromatic heterocycles. The second kappa shape index (κ2) is 8.55. The van der Waals surface area contributed by atoms with Gasteiger partial charge in [-0.05, 0) is 48.0 Å². The summed E-state index contributed by atoms with van der Waals surface area (Å²) in [5, 5.41) is 14.2. The topological polar surface area (TPSA) is 85.8 Å². The number of fused-ring (bicyclic) bond motifs is 1. The van der Waals surface area contributed by atoms with Crippen molar-refractivity contribution < 1.29 is 4.79 Å². The van der Waals surface area contributed by atoms with Crippen LogP contribution in [0.3, 0.4) is 0 Å². The number of nitrogens with two attached hydrogens (primary N) is 1. The quantitative estimate of drug-likeness (QED) is 0.316. The maximum atomic E-state index is 12.7. The maximum absolute atomic E-state index is 12.7. The predicted molar refractivity (Wildman–Crippen MR) is 124 cm³/mol. The standard InChI is InChI=1S/C21H17Cl2N5OS/c1-12(20(29)25-16-8-6-13-4-2-3-5-14(13)10-16)30-21-27-26-19(28(21)24)17-11-15(22)7-9-18(17)23/h2-12H,24H2,1H3,(H,25,29). The van der Waals surface area contributed by atoms with Gasteiger partial charge < -0.3 is 11.2 Å². The number of carbonyl (C=O) groups excluding carboxylic acids is 1. The average molecular weight is 458 g/mol. The van der Waals surface area contributed by atoms with E-state index in [1.165, 1.54) is 16.4 Å². The number of anilines is 1. The van der Waals surface area contributed by atoms with Crippen LogP contribution >= 0.6 is 35.0 Å². The summed E-state index contributed by atoms with van der Waals surface area (Å²) in [7, 11) is 0. The van der Waals surface area contributed by atoms with Crippen molar-refractivity contribution in [1.82, 2.24) is 14.9 Å². The fourth-order valence-corrected chi connectivity index (χ4v) is 4.08. The van der Waals surface area contributed by atoms with Crippen LogP contribution in [0.5, 0.6) is 0 Å². The van der Waals surface area contributed by atoms with Gasteiger partial charge in [-0.15, -0.1) is 10.2 Å². The van der Waals surface area contributed by atoms with Crippen molar-refractivity contribution in [2.75, 3.05) is 11.2 Å². The SMILES string of the molecule is CC(Sc1nnc(-c2cc(Cl)ccc2Cl)n1N)C(=O)Nc1ccc2ccccc2c1. The summed E-state index contributed by atoms with van der Waals surface area (Å²) in [6.07, 6.45) is 0. The number of nitrogens with zero attached hydrogens (tertiary/aromatic N) is 3. The molecule has 1 atom stereocenters. The molecule has 30 heavy (non-hydrogen) atoms. The summed E-state index contributed by atoms with van der Waals surface area (Å²) in [5.74, 6) is 6.36. The molecule has 3 aromatic carbocycles. The lowest BCUT2D eigenvalue weighted by Crippen LogP contribution is -2.23. The molecule has 9 heteroatoms. The lowest BCUT2D eigenvalue weighted by molar-refractivity contribution is -0.115. The number of benzene rings is 3. The summed E-state index contributed by atoms with van der Waals surface area (Å²) >= 11 is 13.5. The molecule has 0 fully saturated rings. The van der Waals surface area contributed by atoms with E-state index >= 15 is 0 Å². The third-order valence-corrected chi connectivity index (χ3v) is 6.12. The monoisotopic (exact) mass is 457 g/mol. The van der Waals surface area contributed by atoms with E-state index in [1.54, 1.807) is 25.1 Å². The van der Waals surface area contributed by atoms with Crippen molar-refractivity contribution in [3.63, 3.8) is 0 Å². The van der Waals surface area contributed by atoms with Gasteiger partial charge in [0, 0.05) is 16.3 Å². The zero-order valence-corrected chi connectivity index (χ0v) is 18.2. The summed E-state index contributed by atoms with van der Waals surface area (Å²) in [6, 6.07) is 18.8. The highest BCUT2D eigenvalue weighted by Crippen LogP contribution is 2.31. The van der Waals surface area contributed by atoms with Crippen molar-refractivity contribution in [1.29, 1.82) is 0 Å². The first-order valence-corrected chi connectivity index (χ1v) is 10.7. The molecular formula is C21H17Cl2N5OS. The Bertz CT molecular complexity index is 1240. The van der Waals surface area contributed by atoms with E-state index in [4.69, 9.17) is 29.0 Å². The number of nitrogens with one attached hydrogen (secondary N) is 1. The summed E-state index contributed by atoms with van der Waals surface area (Å²) in [4.78, 5) is 12.7. The van der Waals surface area contributed by atoms with Crippen molar-refractivity contribution in [3.05, 3.63) is 70.7 Å². The van der Waals surface area contributed by atoms with Crippen molar-refractivity contribution in [2.24, 2.45) is 0 Å². The van der Waals surface area contributed by atoms with E-state index in [0.29, 0.717) is 26.6 Å². The second-order valence-electron chi connectivity index (χ2n) is 6.61. The van der Waals surface area contributed by atoms with E-state index in [9.17, 15) is 4.79 Å². The zero-order chi connectivity index (χ0) is 21.3. The first-order valence-electron chi connectivity index (χ1n) is 9.04. The molecule has 0 radical (unpaired) electrons. The van der Waals surface area contributed by atoms with E-state index in [0.717, 1.165) is 16.5 Å². The van der Waals surface area contributed by atoms with Crippen LogP contribution in [0.25, 0.3) is 22.2 Å². The number of nitrogen functional groups attached to an aromatic ring is 1. The molecular weight excluding hydrogens is 441 g/mol. The highest BCUT2D eigenvalue weighted by atomic mass is 35.5. The minimum atomic E-state index is -0.453. The molecule has 152 valence electrons. The minimum Gasteiger partial charge on any atom is -0.335 e. The Morgan fingerprint density at radius 3 is 2.63 bits per heavy atom. The Kier molecular flexibility index (Phi) is 5.85. The van der Waals surface area contributed by atoms with E-state index in [-0.39, 0.29) is 5.91 Å². The van der Waals surface area contributed by atoms with Gasteiger partial charge >= 0.3 is 0 Å². The highest BCUT2D eigenvalue weighted by Gasteiger charge is 2.21. The summed E-state index contributed by atoms with van der Waals surface area (Å²) < 4.78 is 1.31. The van der Waals surface area contributed by atoms with Crippen LogP contribution in [0, 0.1) is 0 Å². The normalized spacial score (nSPS) is 12.1. The molecule has 0 spiro atoms. The lowest BCUT2D eigenvalue weighted by Gasteiger charge is -2.12. The number of hydrogen-bond donors (Lipinski definition) is 2. The van der Waals surface area contributed by atoms with Gasteiger partial charge in [-0.3, -0.25) is 4.79 Å². The summed E-state index contributed by atoms with van der Waals surface area (Å²) in [5.41, 5.74) is 1.30. The smallest absolute Gasteiger partial charge is 0.237 e. The van der Waals surface area contributed by atoms with Gasteiger partial charge in [-0.1, -0.05) is 65.3 Å². The van der Waals surface area contributed by atoms with Gasteiger partial charge in [0.25, 0.3) is 0 Å². The highest BCUT2D eigenvalue weighted by molar-refractivity contribution is 8.00. The zero-order valence-electron chi connectivity index (χ0n) is 15.8. The Labute approximate surface area is 187 Å². The molecule has 1 amide bonds. The molecule has 6 nitrogen and oxygen atoms in total. The third kappa shape index (κ3) is 4.23. The Balaban J connectivity index is 1.49. The van der Waals surface area contributed by atoms with Gasteiger partial charge in [0.1, 0.15) is 0 Å². The fraction of sp³-hybridized carbons (Fsp3) is 0.0952. The van der Waals surface area contributed by atoms with Gasteiger partial charge in [0.15, 0.2) is 5.82 Å². The molecule has 0 bridgehead atoms. The minimum absolute atomic E-state index is 0.166. The van der Waals surface area contributed by atoms with Crippen molar-refractivity contribution >= 4 is 57.3 Å². The number of thioether (sulfide) groups is 1. The average Bonchev–Trinajstić information content (AvgIpc) is 3.09. The molecule has 0 saturated heterocycles. The van der Waals surface area contributed by atoms with Crippen LogP contribution in [0.15, 0.2) is 65.8 Å². The van der Waals surface area contributed by atoms with Crippen LogP contribution in [0.2, 0.25) is 10.0 Å². The Morgan fingerprint density at radius 2 is 1.83 bits per heavy atom. The van der Waals surface area contributed by atoms with Gasteiger partial charge in [-0.2, -0.15) is 0 Å². The predicted octanol–water partition coefficient (Wildman–Crippen LogP) is 5.24. The molecule has 1 heterocycles. The molecule has 0 aliphatic carbocycles. The van der Waals surface area contributed by atoms with Crippen molar-refractivity contribution in [3.8, 4) is 11.4 Å². The lowest BCUT2D eigenvalue weighted by atomic mass is 10.1. The number of halogens is 2. The van der Waals surface area contributed by atoms with Crippen LogP contribution in [0.1, 0.15) is 6.92 Å². The van der Waals surface area contributed by atoms with Crippen LogP contribution in [-0.4, -0.2) is 26.0 Å². The van der Waals surface area contributed by atoms with Crippen LogP contribution < -0.4 is 11.2 Å². The second-order valence-corrected chi connectivity index (χ2v) is 8.76. The van der Waals surface area contributed by atoms with E-state index < -0.39 is 5.25 Å². The molecule has 4 rings (SSSR count). The van der Waals surface area contributed by atoms with Crippen LogP contribution in [0.4, 0.5) is 5.69 Å². The molecule has 0 saturated carbocycles. The Morgan fingerprint density at radius 1 is 1.07 bits per heavy atom. The first kappa shape index (κ1) is 20.5. The van der Waals surface area contributed by atoms with Crippen LogP contribution in [-0.2, 0) is 4.79 Å². The molecule has 0 aliphatic heterocycles. The number of aromatic nitrogens is 3. The van der Waals surface area contributed by atoms with Gasteiger partial charge in [-0.25, -0.2) is 4.68 Å². The number of rotatable bonds is 5. The van der Waals surface area contributed by atoms with E-state index in [1.807, 2.05) is 42.5 Å².